The molecule has 4 nitrogen and oxygen atoms in total. The van der Waals surface area contributed by atoms with Crippen LogP contribution >= 0.6 is 0 Å². The van der Waals surface area contributed by atoms with E-state index >= 15 is 0 Å². The third kappa shape index (κ3) is 3.09. The molecule has 1 aromatic rings. The zero-order valence-electron chi connectivity index (χ0n) is 13.5. The fraction of sp³-hybridized carbons (Fsp3) is 0.632. The molecule has 0 unspecified atom stereocenters. The van der Waals surface area contributed by atoms with Crippen molar-refractivity contribution in [2.45, 2.75) is 56.7 Å². The van der Waals surface area contributed by atoms with Crippen LogP contribution in [0.5, 0.6) is 0 Å². The Hall–Kier alpha value is -1.55. The second-order valence-electron chi connectivity index (χ2n) is 7.27. The molecule has 4 atom stereocenters. The van der Waals surface area contributed by atoms with E-state index in [4.69, 9.17) is 4.74 Å². The minimum Gasteiger partial charge on any atom is -0.377 e. The molecule has 1 aromatic carbocycles. The van der Waals surface area contributed by atoms with Crippen LogP contribution in [-0.2, 0) is 11.2 Å². The number of fused-ring (bicyclic) bond motifs is 1. The van der Waals surface area contributed by atoms with Crippen LogP contribution in [0.3, 0.4) is 0 Å². The Morgan fingerprint density at radius 3 is 2.65 bits per heavy atom. The van der Waals surface area contributed by atoms with Crippen molar-refractivity contribution in [2.24, 2.45) is 11.8 Å². The minimum atomic E-state index is 0.0188. The first-order chi connectivity index (χ1) is 11.3. The average Bonchev–Trinajstić information content (AvgIpc) is 3.21. The first-order valence-corrected chi connectivity index (χ1v) is 9.04. The van der Waals surface area contributed by atoms with Gasteiger partial charge in [0.2, 0.25) is 0 Å². The fourth-order valence-electron chi connectivity index (χ4n) is 4.62. The van der Waals surface area contributed by atoms with Crippen molar-refractivity contribution < 1.29 is 9.53 Å². The maximum atomic E-state index is 12.3. The topological polar surface area (TPSA) is 50.4 Å². The second-order valence-corrected chi connectivity index (χ2v) is 7.27. The number of nitrogens with one attached hydrogen (secondary N) is 2. The third-order valence-corrected chi connectivity index (χ3v) is 5.83. The summed E-state index contributed by atoms with van der Waals surface area (Å²) >= 11 is 0. The SMILES string of the molecule is O=C(NC1CCCC1)N[C@@H]1[C@@H](Cc2ccccc2)[C@H]2OCC[C@@H]12. The molecular formula is C19H26N2O2. The predicted octanol–water partition coefficient (Wildman–Crippen LogP) is 2.87. The molecule has 4 heteroatoms. The van der Waals surface area contributed by atoms with Gasteiger partial charge >= 0.3 is 6.03 Å². The van der Waals surface area contributed by atoms with Gasteiger partial charge in [-0.25, -0.2) is 4.79 Å². The number of carbonyl (C=O) groups excluding carboxylic acids is 1. The highest BCUT2D eigenvalue weighted by molar-refractivity contribution is 5.75. The molecule has 2 saturated carbocycles. The van der Waals surface area contributed by atoms with E-state index in [1.54, 1.807) is 0 Å². The Balaban J connectivity index is 1.38. The Morgan fingerprint density at radius 2 is 1.87 bits per heavy atom. The smallest absolute Gasteiger partial charge is 0.315 e. The predicted molar refractivity (Wildman–Crippen MR) is 89.2 cm³/mol. The van der Waals surface area contributed by atoms with Crippen molar-refractivity contribution in [1.29, 1.82) is 0 Å². The Bertz CT molecular complexity index is 542. The number of hydrogen-bond acceptors (Lipinski definition) is 2. The lowest BCUT2D eigenvalue weighted by atomic mass is 9.64. The molecule has 124 valence electrons. The molecule has 0 spiro atoms. The first-order valence-electron chi connectivity index (χ1n) is 9.04. The van der Waals surface area contributed by atoms with Crippen molar-refractivity contribution in [3.63, 3.8) is 0 Å². The highest BCUT2D eigenvalue weighted by Gasteiger charge is 2.54. The molecule has 2 amide bonds. The molecule has 1 aliphatic heterocycles. The van der Waals surface area contributed by atoms with Gasteiger partial charge in [-0.15, -0.1) is 0 Å². The Labute approximate surface area is 138 Å². The van der Waals surface area contributed by atoms with Gasteiger partial charge in [0.15, 0.2) is 0 Å². The summed E-state index contributed by atoms with van der Waals surface area (Å²) < 4.78 is 5.91. The van der Waals surface area contributed by atoms with Crippen LogP contribution in [0.1, 0.15) is 37.7 Å². The summed E-state index contributed by atoms with van der Waals surface area (Å²) in [5.41, 5.74) is 1.33. The molecule has 2 aliphatic carbocycles. The van der Waals surface area contributed by atoms with E-state index in [-0.39, 0.29) is 12.1 Å². The molecule has 0 aromatic heterocycles. The van der Waals surface area contributed by atoms with Crippen molar-refractivity contribution in [3.8, 4) is 0 Å². The summed E-state index contributed by atoms with van der Waals surface area (Å²) in [5.74, 6) is 0.900. The van der Waals surface area contributed by atoms with E-state index in [9.17, 15) is 4.79 Å². The number of amides is 2. The second kappa shape index (κ2) is 6.52. The number of carbonyl (C=O) groups is 1. The Kier molecular flexibility index (Phi) is 4.25. The lowest BCUT2D eigenvalue weighted by Gasteiger charge is -2.48. The Morgan fingerprint density at radius 1 is 1.09 bits per heavy atom. The van der Waals surface area contributed by atoms with E-state index in [0.717, 1.165) is 32.3 Å². The van der Waals surface area contributed by atoms with Crippen LogP contribution < -0.4 is 10.6 Å². The number of benzene rings is 1. The summed E-state index contributed by atoms with van der Waals surface area (Å²) in [4.78, 5) is 12.3. The highest BCUT2D eigenvalue weighted by atomic mass is 16.5. The molecule has 2 N–H and O–H groups in total. The van der Waals surface area contributed by atoms with Crippen LogP contribution in [0.4, 0.5) is 4.79 Å². The maximum Gasteiger partial charge on any atom is 0.315 e. The van der Waals surface area contributed by atoms with Gasteiger partial charge in [0, 0.05) is 30.5 Å². The van der Waals surface area contributed by atoms with Gasteiger partial charge in [-0.05, 0) is 31.2 Å². The summed E-state index contributed by atoms with van der Waals surface area (Å²) in [6, 6.07) is 11.2. The van der Waals surface area contributed by atoms with E-state index in [2.05, 4.69) is 34.9 Å². The van der Waals surface area contributed by atoms with Crippen LogP contribution in [0.25, 0.3) is 0 Å². The highest BCUT2D eigenvalue weighted by Crippen LogP contribution is 2.45. The summed E-state index contributed by atoms with van der Waals surface area (Å²) in [7, 11) is 0. The van der Waals surface area contributed by atoms with Gasteiger partial charge in [0.05, 0.1) is 6.10 Å². The standard InChI is InChI=1S/C19H26N2O2/c22-19(20-14-8-4-5-9-14)21-17-15-10-11-23-18(15)16(17)12-13-6-2-1-3-7-13/h1-3,6-7,14-18H,4-5,8-12H2,(H2,20,21,22)/t15-,16+,17-,18-/m0/s1. The van der Waals surface area contributed by atoms with E-state index in [0.29, 0.717) is 24.0 Å². The lowest BCUT2D eigenvalue weighted by Crippen LogP contribution is -2.63. The largest absolute Gasteiger partial charge is 0.377 e. The normalized spacial score (nSPS) is 33.0. The van der Waals surface area contributed by atoms with Gasteiger partial charge in [0.25, 0.3) is 0 Å². The molecule has 3 fully saturated rings. The minimum absolute atomic E-state index is 0.0188. The van der Waals surface area contributed by atoms with E-state index in [1.165, 1.54) is 18.4 Å². The van der Waals surface area contributed by atoms with Crippen molar-refractivity contribution in [2.75, 3.05) is 6.61 Å². The van der Waals surface area contributed by atoms with E-state index < -0.39 is 0 Å². The first kappa shape index (κ1) is 15.0. The number of hydrogen-bond donors (Lipinski definition) is 2. The molecule has 0 radical (unpaired) electrons. The number of rotatable bonds is 4. The van der Waals surface area contributed by atoms with Crippen molar-refractivity contribution >= 4 is 6.03 Å². The monoisotopic (exact) mass is 314 g/mol. The molecule has 3 aliphatic rings. The molecular weight excluding hydrogens is 288 g/mol. The van der Waals surface area contributed by atoms with Crippen LogP contribution in [0.15, 0.2) is 30.3 Å². The van der Waals surface area contributed by atoms with E-state index in [1.807, 2.05) is 6.07 Å². The van der Waals surface area contributed by atoms with Gasteiger partial charge in [-0.2, -0.15) is 0 Å². The van der Waals surface area contributed by atoms with Crippen molar-refractivity contribution in [3.05, 3.63) is 35.9 Å². The third-order valence-electron chi connectivity index (χ3n) is 5.83. The molecule has 1 heterocycles. The zero-order valence-corrected chi connectivity index (χ0v) is 13.5. The molecule has 1 saturated heterocycles. The molecule has 23 heavy (non-hydrogen) atoms. The van der Waals surface area contributed by atoms with Gasteiger partial charge in [0.1, 0.15) is 0 Å². The fourth-order valence-corrected chi connectivity index (χ4v) is 4.62. The quantitative estimate of drug-likeness (QED) is 0.898. The number of urea groups is 1. The summed E-state index contributed by atoms with van der Waals surface area (Å²) in [6.45, 7) is 0.836. The van der Waals surface area contributed by atoms with Crippen LogP contribution in [0, 0.1) is 11.8 Å². The zero-order chi connectivity index (χ0) is 15.6. The average molecular weight is 314 g/mol. The number of ether oxygens (including phenoxy) is 1. The van der Waals surface area contributed by atoms with Crippen LogP contribution in [-0.4, -0.2) is 30.8 Å². The van der Waals surface area contributed by atoms with Gasteiger partial charge in [-0.1, -0.05) is 43.2 Å². The summed E-state index contributed by atoms with van der Waals surface area (Å²) in [6.07, 6.45) is 7.11. The van der Waals surface area contributed by atoms with Crippen molar-refractivity contribution in [1.82, 2.24) is 10.6 Å². The summed E-state index contributed by atoms with van der Waals surface area (Å²) in [5, 5.41) is 6.41. The van der Waals surface area contributed by atoms with Crippen LogP contribution in [0.2, 0.25) is 0 Å². The molecule has 4 rings (SSSR count). The molecule has 0 bridgehead atoms. The maximum absolute atomic E-state index is 12.3. The van der Waals surface area contributed by atoms with Gasteiger partial charge in [-0.3, -0.25) is 0 Å². The van der Waals surface area contributed by atoms with Gasteiger partial charge < -0.3 is 15.4 Å². The lowest BCUT2D eigenvalue weighted by molar-refractivity contribution is -0.0516.